The minimum atomic E-state index is -2.55. The van der Waals surface area contributed by atoms with Crippen LogP contribution in [-0.2, 0) is 11.2 Å². The molecule has 2 aliphatic rings. The van der Waals surface area contributed by atoms with E-state index in [2.05, 4.69) is 25.5 Å². The monoisotopic (exact) mass is 462 g/mol. The van der Waals surface area contributed by atoms with E-state index in [1.54, 1.807) is 19.9 Å². The minimum absolute atomic E-state index is 0.0635. The van der Waals surface area contributed by atoms with E-state index in [0.717, 1.165) is 10.6 Å². The van der Waals surface area contributed by atoms with Crippen LogP contribution in [0.1, 0.15) is 34.6 Å². The Morgan fingerprint density at radius 2 is 2.31 bits per heavy atom. The molecule has 3 N–H and O–H groups in total. The summed E-state index contributed by atoms with van der Waals surface area (Å²) >= 11 is 1.36. The van der Waals surface area contributed by atoms with Crippen LogP contribution in [0.2, 0.25) is 0 Å². The van der Waals surface area contributed by atoms with Crippen LogP contribution >= 0.6 is 11.3 Å². The molecule has 4 heterocycles. The topological polar surface area (TPSA) is 122 Å². The van der Waals surface area contributed by atoms with E-state index in [4.69, 9.17) is 18.0 Å². The Hall–Kier alpha value is -2.89. The summed E-state index contributed by atoms with van der Waals surface area (Å²) in [6.07, 6.45) is 0.585. The summed E-state index contributed by atoms with van der Waals surface area (Å²) in [6, 6.07) is 4.41. The highest BCUT2D eigenvalue weighted by Gasteiger charge is 2.43. The number of hydrogen-bond acceptors (Lipinski definition) is 9. The van der Waals surface area contributed by atoms with Crippen LogP contribution in [0, 0.1) is 0 Å². The number of anilines is 2. The zero-order valence-electron chi connectivity index (χ0n) is 20.5. The number of nitrogens with one attached hydrogen (secondary N) is 2. The third-order valence-corrected chi connectivity index (χ3v) is 6.48. The lowest BCUT2D eigenvalue weighted by molar-refractivity contribution is 0.0579. The lowest BCUT2D eigenvalue weighted by atomic mass is 9.97. The van der Waals surface area contributed by atoms with Gasteiger partial charge >= 0.3 is 6.03 Å². The number of urea groups is 1. The number of thiazole rings is 1. The molecule has 0 radical (unpaired) electrons. The van der Waals surface area contributed by atoms with Crippen molar-refractivity contribution in [2.75, 3.05) is 37.0 Å². The van der Waals surface area contributed by atoms with Gasteiger partial charge in [0.1, 0.15) is 11.3 Å². The number of methoxy groups -OCH3 is 1. The number of rotatable bonds is 5. The maximum Gasteiger partial charge on any atom is 0.321 e. The van der Waals surface area contributed by atoms with Crippen LogP contribution in [0.5, 0.6) is 5.75 Å². The van der Waals surface area contributed by atoms with Crippen LogP contribution in [0.15, 0.2) is 22.6 Å². The standard InChI is InChI=1S/C21H25N5O5S/c1-21(2,28)10-22-18(27)25-19-23-14-6-11-8-30-9-15(17(14)32-19)26(11)20-24-13-7-12(29-3)4-5-16(13)31-20/h4-5,7,11,15,28H,6,8-10H2,1-3H3,(H2,22,23,25,27)/t11-,15-/m0/s1/i3D3. The number of aliphatic hydroxyl groups is 1. The molecule has 2 aliphatic heterocycles. The number of amides is 2. The molecule has 0 saturated carbocycles. The second kappa shape index (κ2) is 7.91. The molecule has 170 valence electrons. The van der Waals surface area contributed by atoms with Gasteiger partial charge in [-0.25, -0.2) is 9.78 Å². The van der Waals surface area contributed by atoms with Crippen molar-refractivity contribution >= 4 is 39.6 Å². The number of carbonyl (C=O) groups is 1. The molecule has 5 rings (SSSR count). The Labute approximate surface area is 192 Å². The molecule has 2 bridgehead atoms. The summed E-state index contributed by atoms with van der Waals surface area (Å²) in [5.41, 5.74) is 0.874. The van der Waals surface area contributed by atoms with Gasteiger partial charge in [-0.1, -0.05) is 11.3 Å². The summed E-state index contributed by atoms with van der Waals surface area (Å²) in [5, 5.41) is 15.6. The first-order valence-electron chi connectivity index (χ1n) is 11.7. The Kier molecular flexibility index (Phi) is 4.36. The number of carbonyl (C=O) groups excluding carboxylic acids is 1. The highest BCUT2D eigenvalue weighted by molar-refractivity contribution is 7.16. The molecule has 10 nitrogen and oxygen atoms in total. The zero-order valence-corrected chi connectivity index (χ0v) is 18.4. The first-order valence-corrected chi connectivity index (χ1v) is 11.0. The van der Waals surface area contributed by atoms with Crippen molar-refractivity contribution in [2.24, 2.45) is 0 Å². The van der Waals surface area contributed by atoms with Crippen molar-refractivity contribution in [2.45, 2.75) is 38.0 Å². The molecule has 0 spiro atoms. The SMILES string of the molecule is [2H]C([2H])([2H])Oc1ccc2oc(N3[C@@H]4COC[C@H]3c3sc(NC(=O)NCC(C)(C)O)nc3C4)nc2c1. The average molecular weight is 463 g/mol. The summed E-state index contributed by atoms with van der Waals surface area (Å²) in [5.74, 6) is 0.183. The van der Waals surface area contributed by atoms with E-state index in [-0.39, 0.29) is 24.4 Å². The zero-order chi connectivity index (χ0) is 25.0. The van der Waals surface area contributed by atoms with Gasteiger partial charge < -0.3 is 29.2 Å². The molecular formula is C21H25N5O5S. The Bertz CT molecular complexity index is 1250. The summed E-state index contributed by atoms with van der Waals surface area (Å²) in [6.45, 7) is 4.19. The Morgan fingerprint density at radius 3 is 3.12 bits per heavy atom. The number of aromatic nitrogens is 2. The molecule has 2 atom stereocenters. The third-order valence-electron chi connectivity index (χ3n) is 5.36. The van der Waals surface area contributed by atoms with Gasteiger partial charge in [0.15, 0.2) is 10.7 Å². The average Bonchev–Trinajstić information content (AvgIpc) is 3.33. The fourth-order valence-electron chi connectivity index (χ4n) is 3.93. The van der Waals surface area contributed by atoms with Crippen molar-refractivity contribution in [1.29, 1.82) is 0 Å². The van der Waals surface area contributed by atoms with E-state index in [0.29, 0.717) is 41.9 Å². The molecule has 2 aromatic heterocycles. The van der Waals surface area contributed by atoms with Gasteiger partial charge in [-0.2, -0.15) is 4.98 Å². The summed E-state index contributed by atoms with van der Waals surface area (Å²) in [4.78, 5) is 24.5. The van der Waals surface area contributed by atoms with E-state index in [1.165, 1.54) is 23.5 Å². The number of oxazole rings is 1. The van der Waals surface area contributed by atoms with Crippen molar-refractivity contribution in [1.82, 2.24) is 15.3 Å². The quantitative estimate of drug-likeness (QED) is 0.529. The van der Waals surface area contributed by atoms with Crippen molar-refractivity contribution in [3.63, 3.8) is 0 Å². The molecule has 11 heteroatoms. The van der Waals surface area contributed by atoms with Crippen molar-refractivity contribution < 1.29 is 27.9 Å². The van der Waals surface area contributed by atoms with Crippen LogP contribution in [0.4, 0.5) is 15.9 Å². The van der Waals surface area contributed by atoms with Crippen LogP contribution < -0.4 is 20.3 Å². The number of ether oxygens (including phenoxy) is 2. The number of morpholine rings is 1. The normalized spacial score (nSPS) is 22.0. The van der Waals surface area contributed by atoms with Gasteiger partial charge in [0.25, 0.3) is 6.01 Å². The van der Waals surface area contributed by atoms with Gasteiger partial charge in [-0.3, -0.25) is 5.32 Å². The molecule has 1 saturated heterocycles. The molecular weight excluding hydrogens is 434 g/mol. The lowest BCUT2D eigenvalue weighted by Gasteiger charge is -2.43. The highest BCUT2D eigenvalue weighted by atomic mass is 32.1. The molecule has 1 aromatic carbocycles. The van der Waals surface area contributed by atoms with Crippen molar-refractivity contribution in [3.8, 4) is 5.75 Å². The summed E-state index contributed by atoms with van der Waals surface area (Å²) in [7, 11) is -2.55. The largest absolute Gasteiger partial charge is 0.497 e. The smallest absolute Gasteiger partial charge is 0.321 e. The van der Waals surface area contributed by atoms with Gasteiger partial charge in [-0.05, 0) is 26.0 Å². The van der Waals surface area contributed by atoms with Gasteiger partial charge in [0, 0.05) is 19.0 Å². The van der Waals surface area contributed by atoms with Crippen molar-refractivity contribution in [3.05, 3.63) is 28.8 Å². The maximum absolute atomic E-state index is 12.2. The number of nitrogens with zero attached hydrogens (tertiary/aromatic N) is 3. The Morgan fingerprint density at radius 1 is 1.44 bits per heavy atom. The van der Waals surface area contributed by atoms with Crippen LogP contribution in [0.25, 0.3) is 11.1 Å². The third kappa shape index (κ3) is 3.98. The number of hydrogen-bond donors (Lipinski definition) is 3. The van der Waals surface area contributed by atoms with Gasteiger partial charge in [0.05, 0.1) is 52.6 Å². The van der Waals surface area contributed by atoms with Gasteiger partial charge in [-0.15, -0.1) is 0 Å². The predicted octanol–water partition coefficient (Wildman–Crippen LogP) is 2.69. The van der Waals surface area contributed by atoms with Gasteiger partial charge in [0.2, 0.25) is 0 Å². The molecule has 32 heavy (non-hydrogen) atoms. The Balaban J connectivity index is 1.38. The maximum atomic E-state index is 12.2. The highest BCUT2D eigenvalue weighted by Crippen LogP contribution is 2.43. The lowest BCUT2D eigenvalue weighted by Crippen LogP contribution is -2.51. The molecule has 3 aromatic rings. The number of fused-ring (bicyclic) bond motifs is 5. The van der Waals surface area contributed by atoms with Crippen LogP contribution in [-0.4, -0.2) is 59.5 Å². The van der Waals surface area contributed by atoms with Crippen LogP contribution in [0.3, 0.4) is 0 Å². The fraction of sp³-hybridized carbons (Fsp3) is 0.476. The summed E-state index contributed by atoms with van der Waals surface area (Å²) < 4.78 is 38.7. The molecule has 0 unspecified atom stereocenters. The molecule has 0 aliphatic carbocycles. The van der Waals surface area contributed by atoms with E-state index < -0.39 is 18.7 Å². The van der Waals surface area contributed by atoms with E-state index >= 15 is 0 Å². The minimum Gasteiger partial charge on any atom is -0.497 e. The first-order chi connectivity index (χ1) is 16.4. The fourth-order valence-corrected chi connectivity index (χ4v) is 5.01. The second-order valence-electron chi connectivity index (χ2n) is 8.50. The molecule has 2 amide bonds. The first kappa shape index (κ1) is 17.6. The number of benzene rings is 1. The second-order valence-corrected chi connectivity index (χ2v) is 9.53. The predicted molar refractivity (Wildman–Crippen MR) is 120 cm³/mol. The van der Waals surface area contributed by atoms with E-state index in [1.807, 2.05) is 0 Å². The molecule has 1 fully saturated rings. The van der Waals surface area contributed by atoms with E-state index in [9.17, 15) is 9.90 Å².